The van der Waals surface area contributed by atoms with Gasteiger partial charge in [-0.3, -0.25) is 0 Å². The van der Waals surface area contributed by atoms with E-state index in [9.17, 15) is 12.8 Å². The molecule has 0 N–H and O–H groups in total. The van der Waals surface area contributed by atoms with Crippen molar-refractivity contribution in [2.24, 2.45) is 0 Å². The predicted molar refractivity (Wildman–Crippen MR) is 108 cm³/mol. The van der Waals surface area contributed by atoms with Gasteiger partial charge in [-0.25, -0.2) is 12.8 Å². The number of hydrogen-bond donors (Lipinski definition) is 0. The quantitative estimate of drug-likeness (QED) is 0.651. The first-order valence-corrected chi connectivity index (χ1v) is 10.9. The number of rotatable bonds is 4. The molecule has 1 aliphatic heterocycles. The van der Waals surface area contributed by atoms with Crippen molar-refractivity contribution < 1.29 is 17.2 Å². The molecular formula is C21H22FN3O3S. The van der Waals surface area contributed by atoms with Crippen LogP contribution >= 0.6 is 0 Å². The summed E-state index contributed by atoms with van der Waals surface area (Å²) in [5.74, 6) is -0.391. The van der Waals surface area contributed by atoms with E-state index in [1.807, 2.05) is 18.9 Å². The number of aryl methyl sites for hydroxylation is 1. The van der Waals surface area contributed by atoms with Gasteiger partial charge < -0.3 is 14.2 Å². The Bertz CT molecular complexity index is 1120. The number of hydrogen-bond acceptors (Lipinski definition) is 6. The van der Waals surface area contributed by atoms with Crippen LogP contribution < -0.4 is 4.90 Å². The van der Waals surface area contributed by atoms with E-state index in [0.717, 1.165) is 18.7 Å². The first-order chi connectivity index (χ1) is 13.9. The van der Waals surface area contributed by atoms with Crippen LogP contribution in [-0.2, 0) is 9.84 Å². The Hall–Kier alpha value is -2.71. The Labute approximate surface area is 169 Å². The summed E-state index contributed by atoms with van der Waals surface area (Å²) < 4.78 is 46.9. The zero-order valence-corrected chi connectivity index (χ0v) is 17.1. The third-order valence-electron chi connectivity index (χ3n) is 5.06. The van der Waals surface area contributed by atoms with Crippen molar-refractivity contribution in [1.82, 2.24) is 9.88 Å². The molecule has 2 aromatic carbocycles. The average Bonchev–Trinajstić information content (AvgIpc) is 3.15. The smallest absolute Gasteiger partial charge is 0.236 e. The standard InChI is InChI=1S/C21H22FN3O3S/c1-15-7-9-16(10-8-15)29(26,27)20-21(25-13-11-24(2)12-14-25)28-19(23-20)17-5-3-4-6-18(17)22/h3-10H,11-14H2,1-2H3. The normalized spacial score (nSPS) is 15.6. The van der Waals surface area contributed by atoms with E-state index < -0.39 is 15.7 Å². The Morgan fingerprint density at radius 2 is 1.66 bits per heavy atom. The molecule has 0 bridgehead atoms. The van der Waals surface area contributed by atoms with Crippen molar-refractivity contribution in [3.63, 3.8) is 0 Å². The molecule has 29 heavy (non-hydrogen) atoms. The molecule has 8 heteroatoms. The number of benzene rings is 2. The third-order valence-corrected chi connectivity index (χ3v) is 6.73. The maximum Gasteiger partial charge on any atom is 0.236 e. The van der Waals surface area contributed by atoms with Crippen LogP contribution in [-0.4, -0.2) is 51.5 Å². The van der Waals surface area contributed by atoms with Gasteiger partial charge in [-0.05, 0) is 38.2 Å². The minimum atomic E-state index is -3.93. The fourth-order valence-corrected chi connectivity index (χ4v) is 4.58. The van der Waals surface area contributed by atoms with Crippen molar-refractivity contribution in [2.45, 2.75) is 16.8 Å². The Balaban J connectivity index is 1.85. The maximum absolute atomic E-state index is 14.3. The van der Waals surface area contributed by atoms with E-state index in [1.54, 1.807) is 36.4 Å². The summed E-state index contributed by atoms with van der Waals surface area (Å²) in [6.45, 7) is 4.61. The molecule has 0 atom stereocenters. The average molecular weight is 415 g/mol. The minimum Gasteiger partial charge on any atom is -0.419 e. The number of piperazine rings is 1. The molecule has 3 aromatic rings. The largest absolute Gasteiger partial charge is 0.419 e. The molecule has 1 aliphatic rings. The highest BCUT2D eigenvalue weighted by Gasteiger charge is 2.32. The molecule has 0 spiro atoms. The van der Waals surface area contributed by atoms with Crippen LogP contribution in [0.5, 0.6) is 0 Å². The van der Waals surface area contributed by atoms with Gasteiger partial charge in [0.2, 0.25) is 26.6 Å². The lowest BCUT2D eigenvalue weighted by Gasteiger charge is -2.32. The second kappa shape index (κ2) is 7.61. The van der Waals surface area contributed by atoms with Gasteiger partial charge in [-0.15, -0.1) is 0 Å². The molecule has 152 valence electrons. The fraction of sp³-hybridized carbons (Fsp3) is 0.286. The van der Waals surface area contributed by atoms with Gasteiger partial charge >= 0.3 is 0 Å². The summed E-state index contributed by atoms with van der Waals surface area (Å²) in [5.41, 5.74) is 1.09. The van der Waals surface area contributed by atoms with Gasteiger partial charge in [0.1, 0.15) is 5.82 Å². The fourth-order valence-electron chi connectivity index (χ4n) is 3.26. The lowest BCUT2D eigenvalue weighted by Crippen LogP contribution is -2.44. The van der Waals surface area contributed by atoms with Crippen molar-refractivity contribution in [3.8, 4) is 11.5 Å². The summed E-state index contributed by atoms with van der Waals surface area (Å²) in [7, 11) is -1.93. The van der Waals surface area contributed by atoms with Gasteiger partial charge in [0, 0.05) is 26.2 Å². The van der Waals surface area contributed by atoms with Gasteiger partial charge in [-0.1, -0.05) is 29.8 Å². The van der Waals surface area contributed by atoms with Crippen LogP contribution in [0.3, 0.4) is 0 Å². The van der Waals surface area contributed by atoms with Crippen molar-refractivity contribution >= 4 is 15.7 Å². The van der Waals surface area contributed by atoms with Crippen LogP contribution in [0.4, 0.5) is 10.3 Å². The summed E-state index contributed by atoms with van der Waals surface area (Å²) >= 11 is 0. The predicted octanol–water partition coefficient (Wildman–Crippen LogP) is 3.37. The van der Waals surface area contributed by atoms with Crippen LogP contribution in [0.1, 0.15) is 5.56 Å². The molecule has 0 aliphatic carbocycles. The monoisotopic (exact) mass is 415 g/mol. The van der Waals surface area contributed by atoms with Crippen molar-refractivity contribution in [1.29, 1.82) is 0 Å². The highest BCUT2D eigenvalue weighted by molar-refractivity contribution is 7.91. The Kier molecular flexibility index (Phi) is 5.14. The topological polar surface area (TPSA) is 66.7 Å². The second-order valence-electron chi connectivity index (χ2n) is 7.22. The van der Waals surface area contributed by atoms with Crippen LogP contribution in [0.15, 0.2) is 62.9 Å². The molecule has 1 saturated heterocycles. The van der Waals surface area contributed by atoms with E-state index in [4.69, 9.17) is 4.42 Å². The lowest BCUT2D eigenvalue weighted by molar-refractivity contribution is 0.305. The molecule has 0 unspecified atom stereocenters. The zero-order chi connectivity index (χ0) is 20.6. The number of halogens is 1. The van der Waals surface area contributed by atoms with E-state index in [-0.39, 0.29) is 27.3 Å². The van der Waals surface area contributed by atoms with Gasteiger partial charge in [-0.2, -0.15) is 4.98 Å². The lowest BCUT2D eigenvalue weighted by atomic mass is 10.2. The second-order valence-corrected chi connectivity index (χ2v) is 9.08. The molecule has 4 rings (SSSR count). The molecule has 1 aromatic heterocycles. The van der Waals surface area contributed by atoms with E-state index in [1.165, 1.54) is 12.1 Å². The van der Waals surface area contributed by atoms with E-state index >= 15 is 0 Å². The third kappa shape index (κ3) is 3.77. The van der Waals surface area contributed by atoms with E-state index in [0.29, 0.717) is 13.1 Å². The number of likely N-dealkylation sites (N-methyl/N-ethyl adjacent to an activating group) is 1. The van der Waals surface area contributed by atoms with Gasteiger partial charge in [0.05, 0.1) is 10.5 Å². The summed E-state index contributed by atoms with van der Waals surface area (Å²) in [4.78, 5) is 8.40. The molecule has 0 radical (unpaired) electrons. The Morgan fingerprint density at radius 1 is 1.00 bits per heavy atom. The van der Waals surface area contributed by atoms with E-state index in [2.05, 4.69) is 9.88 Å². The molecule has 1 fully saturated rings. The van der Waals surface area contributed by atoms with Crippen LogP contribution in [0, 0.1) is 12.7 Å². The molecule has 0 saturated carbocycles. The summed E-state index contributed by atoms with van der Waals surface area (Å²) in [6.07, 6.45) is 0. The highest BCUT2D eigenvalue weighted by Crippen LogP contribution is 2.35. The maximum atomic E-state index is 14.3. The number of aromatic nitrogens is 1. The number of sulfone groups is 1. The molecule has 0 amide bonds. The number of nitrogens with zero attached hydrogens (tertiary/aromatic N) is 3. The van der Waals surface area contributed by atoms with Gasteiger partial charge in [0.15, 0.2) is 0 Å². The molecule has 6 nitrogen and oxygen atoms in total. The number of oxazole rings is 1. The van der Waals surface area contributed by atoms with Gasteiger partial charge in [0.25, 0.3) is 0 Å². The molecule has 2 heterocycles. The molecular weight excluding hydrogens is 393 g/mol. The first kappa shape index (κ1) is 19.6. The minimum absolute atomic E-state index is 0.0392. The van der Waals surface area contributed by atoms with Crippen LogP contribution in [0.2, 0.25) is 0 Å². The summed E-state index contributed by atoms with van der Waals surface area (Å²) in [5, 5.41) is -0.177. The highest BCUT2D eigenvalue weighted by atomic mass is 32.2. The first-order valence-electron chi connectivity index (χ1n) is 9.37. The van der Waals surface area contributed by atoms with Crippen LogP contribution in [0.25, 0.3) is 11.5 Å². The van der Waals surface area contributed by atoms with Crippen molar-refractivity contribution in [3.05, 3.63) is 59.9 Å². The SMILES string of the molecule is Cc1ccc(S(=O)(=O)c2nc(-c3ccccc3F)oc2N2CCN(C)CC2)cc1. The Morgan fingerprint density at radius 3 is 2.31 bits per heavy atom. The zero-order valence-electron chi connectivity index (χ0n) is 16.3. The van der Waals surface area contributed by atoms with Crippen molar-refractivity contribution in [2.75, 3.05) is 38.1 Å². The summed E-state index contributed by atoms with van der Waals surface area (Å²) in [6, 6.07) is 12.6. The number of anilines is 1.